The molecule has 7 heteroatoms. The van der Waals surface area contributed by atoms with E-state index in [1.807, 2.05) is 12.2 Å². The second-order valence-electron chi connectivity index (χ2n) is 8.95. The van der Waals surface area contributed by atoms with Crippen LogP contribution in [0.1, 0.15) is 98.6 Å². The third-order valence-electron chi connectivity index (χ3n) is 7.01. The topological polar surface area (TPSA) is 82.5 Å². The van der Waals surface area contributed by atoms with Crippen molar-refractivity contribution >= 4 is 11.9 Å². The first-order valence-corrected chi connectivity index (χ1v) is 11.9. The Kier molecular flexibility index (Phi) is 7.10. The van der Waals surface area contributed by atoms with Crippen molar-refractivity contribution in [3.05, 3.63) is 29.1 Å². The molecule has 170 valence electrons. The first kappa shape index (κ1) is 22.1. The molecule has 0 spiro atoms. The van der Waals surface area contributed by atoms with E-state index >= 15 is 0 Å². The number of nitrogens with zero attached hydrogens (tertiary/aromatic N) is 2. The lowest BCUT2D eigenvalue weighted by Gasteiger charge is -2.29. The molecule has 1 saturated carbocycles. The number of ether oxygens (including phenoxy) is 2. The van der Waals surface area contributed by atoms with E-state index in [1.54, 1.807) is 14.0 Å². The fourth-order valence-electron chi connectivity index (χ4n) is 5.41. The van der Waals surface area contributed by atoms with Gasteiger partial charge in [-0.3, -0.25) is 14.3 Å². The predicted molar refractivity (Wildman–Crippen MR) is 117 cm³/mol. The van der Waals surface area contributed by atoms with Crippen LogP contribution in [0, 0.1) is 5.92 Å². The smallest absolute Gasteiger partial charge is 0.311 e. The predicted octanol–water partition coefficient (Wildman–Crippen LogP) is 4.04. The monoisotopic (exact) mass is 429 g/mol. The molecule has 1 aromatic heterocycles. The molecule has 0 aliphatic heterocycles. The summed E-state index contributed by atoms with van der Waals surface area (Å²) in [6.07, 6.45) is 13.9. The molecule has 0 bridgehead atoms. The fraction of sp³-hybridized carbons (Fsp3) is 0.708. The van der Waals surface area contributed by atoms with Gasteiger partial charge in [-0.25, -0.2) is 0 Å². The maximum atomic E-state index is 13.4. The van der Waals surface area contributed by atoms with Crippen LogP contribution < -0.4 is 5.32 Å². The molecule has 3 unspecified atom stereocenters. The van der Waals surface area contributed by atoms with Gasteiger partial charge in [-0.05, 0) is 51.9 Å². The fourth-order valence-corrected chi connectivity index (χ4v) is 5.41. The maximum absolute atomic E-state index is 13.4. The zero-order chi connectivity index (χ0) is 21.8. The first-order valence-electron chi connectivity index (χ1n) is 11.9. The number of allylic oxidation sites excluding steroid dienone is 1. The van der Waals surface area contributed by atoms with Gasteiger partial charge in [0, 0.05) is 18.7 Å². The van der Waals surface area contributed by atoms with Crippen LogP contribution in [-0.4, -0.2) is 41.4 Å². The lowest BCUT2D eigenvalue weighted by atomic mass is 9.88. The van der Waals surface area contributed by atoms with Gasteiger partial charge in [-0.1, -0.05) is 31.4 Å². The van der Waals surface area contributed by atoms with Gasteiger partial charge in [-0.2, -0.15) is 5.10 Å². The van der Waals surface area contributed by atoms with Gasteiger partial charge < -0.3 is 14.8 Å². The third-order valence-corrected chi connectivity index (χ3v) is 7.01. The van der Waals surface area contributed by atoms with Crippen molar-refractivity contribution in [1.82, 2.24) is 15.1 Å². The molecule has 3 aliphatic rings. The molecule has 1 fully saturated rings. The summed E-state index contributed by atoms with van der Waals surface area (Å²) in [4.78, 5) is 25.8. The minimum atomic E-state index is -0.350. The summed E-state index contributed by atoms with van der Waals surface area (Å²) in [6, 6.07) is 0.0681. The Morgan fingerprint density at radius 3 is 2.65 bits per heavy atom. The molecule has 1 amide bonds. The lowest BCUT2D eigenvalue weighted by molar-refractivity contribution is -0.149. The second-order valence-corrected chi connectivity index (χ2v) is 8.95. The van der Waals surface area contributed by atoms with Crippen LogP contribution in [0.3, 0.4) is 0 Å². The second kappa shape index (κ2) is 9.98. The summed E-state index contributed by atoms with van der Waals surface area (Å²) in [7, 11) is 1.75. The van der Waals surface area contributed by atoms with Crippen molar-refractivity contribution in [2.75, 3.05) is 13.7 Å². The van der Waals surface area contributed by atoms with E-state index in [1.165, 1.54) is 19.3 Å². The van der Waals surface area contributed by atoms with E-state index in [0.29, 0.717) is 31.2 Å². The number of fused-ring (bicyclic) bond motifs is 1. The Morgan fingerprint density at radius 1 is 1.13 bits per heavy atom. The van der Waals surface area contributed by atoms with Gasteiger partial charge in [0.1, 0.15) is 0 Å². The molecule has 0 radical (unpaired) electrons. The molecule has 3 atom stereocenters. The van der Waals surface area contributed by atoms with Gasteiger partial charge in [0.2, 0.25) is 0 Å². The highest BCUT2D eigenvalue weighted by Crippen LogP contribution is 2.39. The molecule has 7 nitrogen and oxygen atoms in total. The number of carbonyl (C=O) groups is 2. The summed E-state index contributed by atoms with van der Waals surface area (Å²) in [6.45, 7) is 2.15. The van der Waals surface area contributed by atoms with E-state index in [2.05, 4.69) is 10.00 Å². The van der Waals surface area contributed by atoms with E-state index in [0.717, 1.165) is 43.4 Å². The Morgan fingerprint density at radius 2 is 1.90 bits per heavy atom. The molecular formula is C24H35N3O4. The number of rotatable bonds is 6. The highest BCUT2D eigenvalue weighted by atomic mass is 16.5. The van der Waals surface area contributed by atoms with Crippen molar-refractivity contribution < 1.29 is 19.1 Å². The van der Waals surface area contributed by atoms with Gasteiger partial charge in [0.05, 0.1) is 30.4 Å². The van der Waals surface area contributed by atoms with Gasteiger partial charge in [0.25, 0.3) is 5.91 Å². The molecule has 0 aromatic carbocycles. The molecule has 3 aliphatic carbocycles. The lowest BCUT2D eigenvalue weighted by Crippen LogP contribution is -2.45. The summed E-state index contributed by atoms with van der Waals surface area (Å²) < 4.78 is 13.2. The quantitative estimate of drug-likeness (QED) is 0.545. The number of hydrogen-bond donors (Lipinski definition) is 1. The van der Waals surface area contributed by atoms with Crippen molar-refractivity contribution in [3.8, 4) is 0 Å². The summed E-state index contributed by atoms with van der Waals surface area (Å²) in [5, 5.41) is 7.99. The van der Waals surface area contributed by atoms with Crippen LogP contribution >= 0.6 is 0 Å². The Balaban J connectivity index is 1.61. The number of nitrogens with one attached hydrogen (secondary N) is 1. The Labute approximate surface area is 184 Å². The van der Waals surface area contributed by atoms with E-state index in [9.17, 15) is 9.59 Å². The Bertz CT molecular complexity index is 825. The molecular weight excluding hydrogens is 394 g/mol. The van der Waals surface area contributed by atoms with Crippen LogP contribution in [0.2, 0.25) is 0 Å². The van der Waals surface area contributed by atoms with Crippen LogP contribution in [0.5, 0.6) is 0 Å². The SMILES string of the molecule is CCOC(=O)C1CC=CCC1NC(=O)c1nn(C2CCCCC2)c2c1CCCC2OC. The molecule has 0 saturated heterocycles. The normalized spacial score (nSPS) is 26.3. The number of hydrogen-bond acceptors (Lipinski definition) is 5. The van der Waals surface area contributed by atoms with Crippen molar-refractivity contribution in [3.63, 3.8) is 0 Å². The van der Waals surface area contributed by atoms with Crippen LogP contribution in [0.15, 0.2) is 12.2 Å². The van der Waals surface area contributed by atoms with E-state index in [4.69, 9.17) is 14.6 Å². The molecule has 31 heavy (non-hydrogen) atoms. The van der Waals surface area contributed by atoms with Gasteiger partial charge in [0.15, 0.2) is 5.69 Å². The summed E-state index contributed by atoms with van der Waals surface area (Å²) in [5.41, 5.74) is 2.64. The number of aromatic nitrogens is 2. The average Bonchev–Trinajstić information content (AvgIpc) is 3.20. The summed E-state index contributed by atoms with van der Waals surface area (Å²) in [5.74, 6) is -0.777. The molecule has 1 N–H and O–H groups in total. The molecule has 4 rings (SSSR count). The van der Waals surface area contributed by atoms with Gasteiger partial charge in [-0.15, -0.1) is 0 Å². The van der Waals surface area contributed by atoms with E-state index in [-0.39, 0.29) is 29.9 Å². The van der Waals surface area contributed by atoms with Crippen LogP contribution in [-0.2, 0) is 20.7 Å². The zero-order valence-electron chi connectivity index (χ0n) is 18.8. The highest BCUT2D eigenvalue weighted by Gasteiger charge is 2.36. The van der Waals surface area contributed by atoms with Crippen molar-refractivity contribution in [1.29, 1.82) is 0 Å². The number of carbonyl (C=O) groups excluding carboxylic acids is 2. The number of methoxy groups -OCH3 is 1. The molecule has 1 heterocycles. The highest BCUT2D eigenvalue weighted by molar-refractivity contribution is 5.94. The Hall–Kier alpha value is -2.15. The van der Waals surface area contributed by atoms with Crippen LogP contribution in [0.25, 0.3) is 0 Å². The van der Waals surface area contributed by atoms with Crippen molar-refractivity contribution in [2.24, 2.45) is 5.92 Å². The number of esters is 1. The van der Waals surface area contributed by atoms with Crippen molar-refractivity contribution in [2.45, 2.75) is 89.3 Å². The van der Waals surface area contributed by atoms with E-state index < -0.39 is 0 Å². The minimum absolute atomic E-state index is 0.00961. The van der Waals surface area contributed by atoms with Gasteiger partial charge >= 0.3 is 5.97 Å². The standard InChI is InChI=1S/C24H35N3O4/c1-3-31-24(29)17-12-7-8-14-19(17)25-23(28)21-18-13-9-15-20(30-2)22(18)27(26-21)16-10-5-4-6-11-16/h7-8,16-17,19-20H,3-6,9-15H2,1-2H3,(H,25,28). The largest absolute Gasteiger partial charge is 0.466 e. The number of amides is 1. The van der Waals surface area contributed by atoms with Crippen LogP contribution in [0.4, 0.5) is 0 Å². The third kappa shape index (κ3) is 4.56. The maximum Gasteiger partial charge on any atom is 0.311 e. The minimum Gasteiger partial charge on any atom is -0.466 e. The first-order chi connectivity index (χ1) is 15.1. The summed E-state index contributed by atoms with van der Waals surface area (Å²) >= 11 is 0. The zero-order valence-corrected chi connectivity index (χ0v) is 18.8. The molecule has 1 aromatic rings. The average molecular weight is 430 g/mol.